The molecule has 1 heterocycles. The highest BCUT2D eigenvalue weighted by Gasteiger charge is 2.22. The van der Waals surface area contributed by atoms with Crippen molar-refractivity contribution >= 4 is 5.96 Å². The molecule has 0 aromatic carbocycles. The molecule has 0 amide bonds. The first-order valence-electron chi connectivity index (χ1n) is 9.13. The fourth-order valence-electron chi connectivity index (χ4n) is 3.42. The number of likely N-dealkylation sites (tertiary alicyclic amines) is 1. The Morgan fingerprint density at radius 3 is 2.73 bits per heavy atom. The van der Waals surface area contributed by atoms with Crippen LogP contribution in [0.2, 0.25) is 0 Å². The highest BCUT2D eigenvalue weighted by molar-refractivity contribution is 5.80. The van der Waals surface area contributed by atoms with Gasteiger partial charge >= 0.3 is 0 Å². The molecule has 4 nitrogen and oxygen atoms in total. The Kier molecular flexibility index (Phi) is 7.23. The Morgan fingerprint density at radius 1 is 1.27 bits per heavy atom. The number of hydrogen-bond donors (Lipinski definition) is 2. The Bertz CT molecular complexity index is 367. The van der Waals surface area contributed by atoms with Gasteiger partial charge < -0.3 is 10.6 Å². The Hall–Kier alpha value is -1.03. The molecule has 0 aromatic rings. The van der Waals surface area contributed by atoms with Gasteiger partial charge in [0.2, 0.25) is 0 Å². The molecule has 22 heavy (non-hydrogen) atoms. The minimum atomic E-state index is 0.524. The van der Waals surface area contributed by atoms with E-state index in [4.69, 9.17) is 4.99 Å². The van der Waals surface area contributed by atoms with E-state index in [1.54, 1.807) is 0 Å². The second kappa shape index (κ2) is 9.19. The molecule has 1 fully saturated rings. The molecule has 0 saturated carbocycles. The zero-order valence-electron chi connectivity index (χ0n) is 14.6. The molecule has 1 saturated heterocycles. The summed E-state index contributed by atoms with van der Waals surface area (Å²) in [7, 11) is 0. The van der Waals surface area contributed by atoms with E-state index in [1.165, 1.54) is 32.4 Å². The Labute approximate surface area is 136 Å². The molecule has 2 rings (SSSR count). The van der Waals surface area contributed by atoms with Crippen LogP contribution < -0.4 is 10.6 Å². The van der Waals surface area contributed by atoms with Crippen LogP contribution in [0, 0.1) is 5.92 Å². The molecule has 0 radical (unpaired) electrons. The molecule has 1 atom stereocenters. The van der Waals surface area contributed by atoms with E-state index in [0.717, 1.165) is 37.8 Å². The first-order chi connectivity index (χ1) is 10.7. The first-order valence-corrected chi connectivity index (χ1v) is 9.13. The lowest BCUT2D eigenvalue weighted by Gasteiger charge is -2.36. The lowest BCUT2D eigenvalue weighted by molar-refractivity contribution is 0.137. The number of hydrogen-bond acceptors (Lipinski definition) is 2. The number of nitrogens with zero attached hydrogens (tertiary/aromatic N) is 2. The molecule has 126 valence electrons. The molecule has 1 unspecified atom stereocenters. The minimum absolute atomic E-state index is 0.524. The zero-order chi connectivity index (χ0) is 15.8. The van der Waals surface area contributed by atoms with Crippen molar-refractivity contribution in [1.29, 1.82) is 0 Å². The molecular formula is C18H34N4. The second-order valence-corrected chi connectivity index (χ2v) is 7.04. The van der Waals surface area contributed by atoms with E-state index in [2.05, 4.69) is 48.5 Å². The summed E-state index contributed by atoms with van der Waals surface area (Å²) in [6.07, 6.45) is 10.7. The van der Waals surface area contributed by atoms with Gasteiger partial charge in [0.25, 0.3) is 0 Å². The third kappa shape index (κ3) is 5.64. The van der Waals surface area contributed by atoms with Crippen LogP contribution in [0.1, 0.15) is 52.9 Å². The SMILES string of the molecule is CCNC(=NCC1CCCCN1CC(C)C)NC1CC=CC1. The monoisotopic (exact) mass is 306 g/mol. The summed E-state index contributed by atoms with van der Waals surface area (Å²) in [6, 6.07) is 1.14. The second-order valence-electron chi connectivity index (χ2n) is 7.04. The van der Waals surface area contributed by atoms with Gasteiger partial charge in [-0.15, -0.1) is 0 Å². The fourth-order valence-corrected chi connectivity index (χ4v) is 3.42. The van der Waals surface area contributed by atoms with Crippen molar-refractivity contribution in [3.05, 3.63) is 12.2 Å². The first kappa shape index (κ1) is 17.3. The zero-order valence-corrected chi connectivity index (χ0v) is 14.6. The Balaban J connectivity index is 1.88. The van der Waals surface area contributed by atoms with Crippen LogP contribution in [0.15, 0.2) is 17.1 Å². The van der Waals surface area contributed by atoms with Crippen molar-refractivity contribution in [3.8, 4) is 0 Å². The van der Waals surface area contributed by atoms with Crippen molar-refractivity contribution in [2.24, 2.45) is 10.9 Å². The standard InChI is InChI=1S/C18H34N4/c1-4-19-18(21-16-9-5-6-10-16)20-13-17-11-7-8-12-22(17)14-15(2)3/h5-6,15-17H,4,7-14H2,1-3H3,(H2,19,20,21). The predicted octanol–water partition coefficient (Wildman–Crippen LogP) is 2.77. The summed E-state index contributed by atoms with van der Waals surface area (Å²) in [5.41, 5.74) is 0. The number of piperidine rings is 1. The van der Waals surface area contributed by atoms with Gasteiger partial charge in [0.05, 0.1) is 6.54 Å². The minimum Gasteiger partial charge on any atom is -0.357 e. The average molecular weight is 306 g/mol. The van der Waals surface area contributed by atoms with E-state index in [0.29, 0.717) is 12.1 Å². The summed E-state index contributed by atoms with van der Waals surface area (Å²) in [6.45, 7) is 11.1. The predicted molar refractivity (Wildman–Crippen MR) is 95.3 cm³/mol. The molecule has 0 spiro atoms. The lowest BCUT2D eigenvalue weighted by atomic mass is 10.0. The van der Waals surface area contributed by atoms with Gasteiger partial charge in [-0.05, 0) is 45.1 Å². The Morgan fingerprint density at radius 2 is 2.05 bits per heavy atom. The van der Waals surface area contributed by atoms with Crippen LogP contribution in [0.4, 0.5) is 0 Å². The van der Waals surface area contributed by atoms with E-state index >= 15 is 0 Å². The summed E-state index contributed by atoms with van der Waals surface area (Å²) >= 11 is 0. The molecule has 0 bridgehead atoms. The summed E-state index contributed by atoms with van der Waals surface area (Å²) in [5.74, 6) is 1.73. The molecule has 0 aromatic heterocycles. The van der Waals surface area contributed by atoms with E-state index in [-0.39, 0.29) is 0 Å². The number of nitrogens with one attached hydrogen (secondary N) is 2. The van der Waals surface area contributed by atoms with Gasteiger partial charge in [0, 0.05) is 25.2 Å². The maximum Gasteiger partial charge on any atom is 0.191 e. The van der Waals surface area contributed by atoms with Crippen LogP contribution in [0.5, 0.6) is 0 Å². The molecule has 1 aliphatic carbocycles. The van der Waals surface area contributed by atoms with Crippen LogP contribution in [0.3, 0.4) is 0 Å². The smallest absolute Gasteiger partial charge is 0.191 e. The number of rotatable bonds is 6. The van der Waals surface area contributed by atoms with Crippen molar-refractivity contribution < 1.29 is 0 Å². The summed E-state index contributed by atoms with van der Waals surface area (Å²) in [5, 5.41) is 6.97. The van der Waals surface area contributed by atoms with Gasteiger partial charge in [-0.1, -0.05) is 32.4 Å². The van der Waals surface area contributed by atoms with E-state index in [9.17, 15) is 0 Å². The quantitative estimate of drug-likeness (QED) is 0.450. The third-order valence-electron chi connectivity index (χ3n) is 4.50. The molecule has 2 aliphatic rings. The van der Waals surface area contributed by atoms with Crippen molar-refractivity contribution in [1.82, 2.24) is 15.5 Å². The lowest BCUT2D eigenvalue weighted by Crippen LogP contribution is -2.46. The van der Waals surface area contributed by atoms with Crippen molar-refractivity contribution in [3.63, 3.8) is 0 Å². The van der Waals surface area contributed by atoms with Crippen LogP contribution in [-0.4, -0.2) is 49.1 Å². The topological polar surface area (TPSA) is 39.7 Å². The third-order valence-corrected chi connectivity index (χ3v) is 4.50. The summed E-state index contributed by atoms with van der Waals surface area (Å²) < 4.78 is 0. The van der Waals surface area contributed by atoms with Gasteiger partial charge in [-0.2, -0.15) is 0 Å². The van der Waals surface area contributed by atoms with E-state index in [1.807, 2.05) is 0 Å². The summed E-state index contributed by atoms with van der Waals surface area (Å²) in [4.78, 5) is 7.53. The van der Waals surface area contributed by atoms with Crippen LogP contribution in [0.25, 0.3) is 0 Å². The van der Waals surface area contributed by atoms with Crippen LogP contribution in [-0.2, 0) is 0 Å². The average Bonchev–Trinajstić information content (AvgIpc) is 2.99. The van der Waals surface area contributed by atoms with Crippen molar-refractivity contribution in [2.75, 3.05) is 26.2 Å². The highest BCUT2D eigenvalue weighted by atomic mass is 15.2. The molecular weight excluding hydrogens is 272 g/mol. The number of aliphatic imine (C=N–C) groups is 1. The molecule has 1 aliphatic heterocycles. The number of guanidine groups is 1. The van der Waals surface area contributed by atoms with Gasteiger partial charge in [0.15, 0.2) is 5.96 Å². The van der Waals surface area contributed by atoms with E-state index < -0.39 is 0 Å². The largest absolute Gasteiger partial charge is 0.357 e. The normalized spacial score (nSPS) is 24.2. The fraction of sp³-hybridized carbons (Fsp3) is 0.833. The van der Waals surface area contributed by atoms with Gasteiger partial charge in [0.1, 0.15) is 0 Å². The maximum absolute atomic E-state index is 4.88. The molecule has 4 heteroatoms. The molecule has 2 N–H and O–H groups in total. The maximum atomic E-state index is 4.88. The highest BCUT2D eigenvalue weighted by Crippen LogP contribution is 2.18. The van der Waals surface area contributed by atoms with Gasteiger partial charge in [-0.3, -0.25) is 9.89 Å². The van der Waals surface area contributed by atoms with Crippen molar-refractivity contribution in [2.45, 2.75) is 65.0 Å². The van der Waals surface area contributed by atoms with Gasteiger partial charge in [-0.25, -0.2) is 0 Å². The van der Waals surface area contributed by atoms with Crippen LogP contribution >= 0.6 is 0 Å².